The van der Waals surface area contributed by atoms with Crippen LogP contribution in [0.25, 0.3) is 0 Å². The largest absolute Gasteiger partial charge is 0.494 e. The van der Waals surface area contributed by atoms with Crippen LogP contribution < -0.4 is 14.8 Å². The van der Waals surface area contributed by atoms with E-state index in [2.05, 4.69) is 28.2 Å². The zero-order valence-corrected chi connectivity index (χ0v) is 18.5. The first kappa shape index (κ1) is 22.5. The first-order valence-electron chi connectivity index (χ1n) is 11.0. The van der Waals surface area contributed by atoms with E-state index < -0.39 is 10.0 Å². The molecule has 7 heteroatoms. The Morgan fingerprint density at radius 1 is 1.10 bits per heavy atom. The van der Waals surface area contributed by atoms with Gasteiger partial charge in [-0.2, -0.15) is 0 Å². The van der Waals surface area contributed by atoms with Crippen molar-refractivity contribution in [2.75, 3.05) is 26.0 Å². The first-order valence-corrected chi connectivity index (χ1v) is 12.9. The van der Waals surface area contributed by atoms with Crippen LogP contribution in [0, 0.1) is 0 Å². The van der Waals surface area contributed by atoms with Crippen LogP contribution in [-0.2, 0) is 14.8 Å². The lowest BCUT2D eigenvalue weighted by atomic mass is 9.82. The molecule has 1 saturated heterocycles. The van der Waals surface area contributed by atoms with E-state index in [9.17, 15) is 8.42 Å². The van der Waals surface area contributed by atoms with Crippen LogP contribution in [0.1, 0.15) is 63.4 Å². The highest BCUT2D eigenvalue weighted by molar-refractivity contribution is 7.88. The monoisotopic (exact) mass is 424 g/mol. The van der Waals surface area contributed by atoms with E-state index in [1.807, 2.05) is 13.0 Å². The summed E-state index contributed by atoms with van der Waals surface area (Å²) in [6, 6.07) is 8.31. The van der Waals surface area contributed by atoms with Gasteiger partial charge in [0, 0.05) is 12.1 Å². The molecule has 1 aliphatic carbocycles. The van der Waals surface area contributed by atoms with Gasteiger partial charge in [-0.05, 0) is 69.5 Å². The second-order valence-electron chi connectivity index (χ2n) is 8.33. The van der Waals surface area contributed by atoms with Crippen LogP contribution in [0.4, 0.5) is 0 Å². The predicted octanol–water partition coefficient (Wildman–Crippen LogP) is 3.19. The number of sulfonamides is 1. The SMILES string of the molecule is CCOc1ccccc1C1CCC(OC[C@@H]2NCCCC[C@@H]2NS(C)(=O)=O)CC1. The predicted molar refractivity (Wildman–Crippen MR) is 116 cm³/mol. The Hall–Kier alpha value is -1.15. The topological polar surface area (TPSA) is 76.7 Å². The fourth-order valence-electron chi connectivity index (χ4n) is 4.60. The van der Waals surface area contributed by atoms with E-state index in [4.69, 9.17) is 9.47 Å². The number of rotatable bonds is 8. The Morgan fingerprint density at radius 2 is 1.86 bits per heavy atom. The summed E-state index contributed by atoms with van der Waals surface area (Å²) < 4.78 is 38.3. The van der Waals surface area contributed by atoms with Crippen molar-refractivity contribution in [1.29, 1.82) is 0 Å². The second kappa shape index (κ2) is 10.8. The van der Waals surface area contributed by atoms with Crippen molar-refractivity contribution in [3.63, 3.8) is 0 Å². The summed E-state index contributed by atoms with van der Waals surface area (Å²) in [5.41, 5.74) is 1.32. The number of benzene rings is 1. The molecule has 1 saturated carbocycles. The number of nitrogens with one attached hydrogen (secondary N) is 2. The van der Waals surface area contributed by atoms with E-state index in [-0.39, 0.29) is 18.2 Å². The molecule has 2 aliphatic rings. The molecule has 164 valence electrons. The van der Waals surface area contributed by atoms with Crippen LogP contribution in [0.5, 0.6) is 5.75 Å². The lowest BCUT2D eigenvalue weighted by molar-refractivity contribution is 0.00884. The maximum atomic E-state index is 11.7. The van der Waals surface area contributed by atoms with Crippen LogP contribution >= 0.6 is 0 Å². The smallest absolute Gasteiger partial charge is 0.209 e. The minimum Gasteiger partial charge on any atom is -0.494 e. The van der Waals surface area contributed by atoms with Gasteiger partial charge in [-0.15, -0.1) is 0 Å². The molecule has 2 fully saturated rings. The molecule has 1 aliphatic heterocycles. The number of ether oxygens (including phenoxy) is 2. The fraction of sp³-hybridized carbons (Fsp3) is 0.727. The number of hydrogen-bond acceptors (Lipinski definition) is 5. The van der Waals surface area contributed by atoms with Gasteiger partial charge >= 0.3 is 0 Å². The van der Waals surface area contributed by atoms with Gasteiger partial charge in [-0.25, -0.2) is 13.1 Å². The minimum absolute atomic E-state index is 0.0311. The molecule has 0 spiro atoms. The highest BCUT2D eigenvalue weighted by Crippen LogP contribution is 2.38. The standard InChI is InChI=1S/C22H36N2O4S/c1-3-27-22-10-5-4-8-19(22)17-11-13-18(14-12-17)28-16-21-20(24-29(2,25)26)9-6-7-15-23-21/h4-5,8,10,17-18,20-21,23-24H,3,6-7,9,11-16H2,1-2H3/t17?,18?,20-,21-/m0/s1. The van der Waals surface area contributed by atoms with E-state index in [1.54, 1.807) is 0 Å². The summed E-state index contributed by atoms with van der Waals surface area (Å²) in [5.74, 6) is 1.53. The van der Waals surface area contributed by atoms with E-state index in [0.717, 1.165) is 57.2 Å². The van der Waals surface area contributed by atoms with Crippen LogP contribution in [-0.4, -0.2) is 52.6 Å². The number of hydrogen-bond donors (Lipinski definition) is 2. The maximum absolute atomic E-state index is 11.7. The van der Waals surface area contributed by atoms with E-state index in [1.165, 1.54) is 11.8 Å². The summed E-state index contributed by atoms with van der Waals surface area (Å²) in [4.78, 5) is 0. The number of para-hydroxylation sites is 1. The van der Waals surface area contributed by atoms with Gasteiger partial charge in [0.2, 0.25) is 10.0 Å². The molecule has 1 aromatic rings. The zero-order chi connectivity index (χ0) is 20.7. The van der Waals surface area contributed by atoms with Gasteiger partial charge in [-0.1, -0.05) is 24.6 Å². The van der Waals surface area contributed by atoms with Crippen molar-refractivity contribution >= 4 is 10.0 Å². The molecular weight excluding hydrogens is 388 g/mol. The molecule has 6 nitrogen and oxygen atoms in total. The fourth-order valence-corrected chi connectivity index (χ4v) is 5.43. The zero-order valence-electron chi connectivity index (χ0n) is 17.7. The summed E-state index contributed by atoms with van der Waals surface area (Å²) in [5, 5.41) is 3.48. The van der Waals surface area contributed by atoms with Crippen molar-refractivity contribution in [1.82, 2.24) is 10.0 Å². The van der Waals surface area contributed by atoms with Crippen LogP contribution in [0.3, 0.4) is 0 Å². The molecule has 1 heterocycles. The van der Waals surface area contributed by atoms with Gasteiger partial charge in [0.05, 0.1) is 25.6 Å². The van der Waals surface area contributed by atoms with Gasteiger partial charge in [0.25, 0.3) is 0 Å². The van der Waals surface area contributed by atoms with E-state index >= 15 is 0 Å². The highest BCUT2D eigenvalue weighted by atomic mass is 32.2. The second-order valence-corrected chi connectivity index (χ2v) is 10.1. The normalized spacial score (nSPS) is 28.6. The molecular formula is C22H36N2O4S. The van der Waals surface area contributed by atoms with Crippen molar-refractivity contribution in [2.45, 2.75) is 76.0 Å². The molecule has 2 N–H and O–H groups in total. The molecule has 0 aromatic heterocycles. The van der Waals surface area contributed by atoms with Gasteiger partial charge in [0.1, 0.15) is 5.75 Å². The summed E-state index contributed by atoms with van der Waals surface area (Å²) in [6.07, 6.45) is 8.69. The van der Waals surface area contributed by atoms with Gasteiger partial charge < -0.3 is 14.8 Å². The molecule has 3 rings (SSSR count). The molecule has 0 radical (unpaired) electrons. The quantitative estimate of drug-likeness (QED) is 0.670. The Kier molecular flexibility index (Phi) is 8.35. The summed E-state index contributed by atoms with van der Waals surface area (Å²) >= 11 is 0. The molecule has 2 atom stereocenters. The average molecular weight is 425 g/mol. The third kappa shape index (κ3) is 6.95. The Balaban J connectivity index is 1.51. The van der Waals surface area contributed by atoms with E-state index in [0.29, 0.717) is 19.1 Å². The van der Waals surface area contributed by atoms with Crippen molar-refractivity contribution in [3.05, 3.63) is 29.8 Å². The molecule has 0 unspecified atom stereocenters. The Bertz CT molecular complexity index is 732. The maximum Gasteiger partial charge on any atom is 0.209 e. The first-order chi connectivity index (χ1) is 14.0. The molecule has 1 aromatic carbocycles. The van der Waals surface area contributed by atoms with Crippen molar-refractivity contribution < 1.29 is 17.9 Å². The van der Waals surface area contributed by atoms with Gasteiger partial charge in [-0.3, -0.25) is 0 Å². The Morgan fingerprint density at radius 3 is 2.59 bits per heavy atom. The third-order valence-electron chi connectivity index (χ3n) is 6.04. The lowest BCUT2D eigenvalue weighted by Crippen LogP contribution is -2.51. The third-order valence-corrected chi connectivity index (χ3v) is 6.77. The highest BCUT2D eigenvalue weighted by Gasteiger charge is 2.29. The summed E-state index contributed by atoms with van der Waals surface area (Å²) in [6.45, 7) is 4.18. The molecule has 0 bridgehead atoms. The summed E-state index contributed by atoms with van der Waals surface area (Å²) in [7, 11) is -3.22. The Labute approximate surface area is 175 Å². The van der Waals surface area contributed by atoms with Crippen LogP contribution in [0.15, 0.2) is 24.3 Å². The van der Waals surface area contributed by atoms with Crippen LogP contribution in [0.2, 0.25) is 0 Å². The molecule has 0 amide bonds. The van der Waals surface area contributed by atoms with Crippen molar-refractivity contribution in [3.8, 4) is 5.75 Å². The average Bonchev–Trinajstić information content (AvgIpc) is 2.91. The van der Waals surface area contributed by atoms with Gasteiger partial charge in [0.15, 0.2) is 0 Å². The van der Waals surface area contributed by atoms with Crippen molar-refractivity contribution in [2.24, 2.45) is 0 Å². The lowest BCUT2D eigenvalue weighted by Gasteiger charge is -2.32. The molecule has 29 heavy (non-hydrogen) atoms. The minimum atomic E-state index is -3.22.